The maximum atomic E-state index is 13.2. The molecule has 0 spiro atoms. The maximum Gasteiger partial charge on any atom is 0.416 e. The molecule has 0 fully saturated rings. The molecular weight excluding hydrogens is 574 g/mol. The third-order valence-electron chi connectivity index (χ3n) is 5.47. The summed E-state index contributed by atoms with van der Waals surface area (Å²) in [6.45, 7) is 3.84. The van der Waals surface area contributed by atoms with Crippen molar-refractivity contribution in [1.29, 1.82) is 0 Å². The number of aliphatic hydroxyl groups excluding tert-OH is 1. The van der Waals surface area contributed by atoms with Crippen LogP contribution < -0.4 is 11.0 Å². The maximum absolute atomic E-state index is 13.2. The Bertz CT molecular complexity index is 1590. The van der Waals surface area contributed by atoms with Crippen molar-refractivity contribution in [2.75, 3.05) is 0 Å². The number of carbonyl (C=O) groups is 1. The Kier molecular flexibility index (Phi) is 8.11. The van der Waals surface area contributed by atoms with Gasteiger partial charge in [-0.25, -0.2) is 19.1 Å². The first-order valence-corrected chi connectivity index (χ1v) is 12.6. The molecule has 0 aliphatic heterocycles. The molecule has 0 saturated heterocycles. The molecule has 0 radical (unpaired) electrons. The number of alkyl halides is 3. The van der Waals surface area contributed by atoms with Crippen molar-refractivity contribution < 1.29 is 23.1 Å². The molecule has 1 unspecified atom stereocenters. The van der Waals surface area contributed by atoms with E-state index in [2.05, 4.69) is 20.5 Å². The Morgan fingerprint density at radius 2 is 1.70 bits per heavy atom. The molecular formula is C25H24Cl2F3N7O3. The van der Waals surface area contributed by atoms with Gasteiger partial charge in [0.15, 0.2) is 17.8 Å². The van der Waals surface area contributed by atoms with Crippen LogP contribution in [0.2, 0.25) is 10.0 Å². The molecule has 2 N–H and O–H groups in total. The third kappa shape index (κ3) is 6.54. The Morgan fingerprint density at radius 3 is 2.30 bits per heavy atom. The summed E-state index contributed by atoms with van der Waals surface area (Å²) in [5, 5.41) is 21.7. The summed E-state index contributed by atoms with van der Waals surface area (Å²) in [6.07, 6.45) is -7.79. The number of nitrogens with one attached hydrogen (secondary N) is 1. The summed E-state index contributed by atoms with van der Waals surface area (Å²) < 4.78 is 42.3. The highest BCUT2D eigenvalue weighted by molar-refractivity contribution is 6.32. The average molecular weight is 598 g/mol. The van der Waals surface area contributed by atoms with Crippen LogP contribution in [0.3, 0.4) is 0 Å². The van der Waals surface area contributed by atoms with Gasteiger partial charge in [0.25, 0.3) is 5.91 Å². The number of aliphatic hydroxyl groups is 1. The predicted octanol–water partition coefficient (Wildman–Crippen LogP) is 4.10. The van der Waals surface area contributed by atoms with Crippen molar-refractivity contribution in [3.63, 3.8) is 0 Å². The molecule has 1 atom stereocenters. The van der Waals surface area contributed by atoms with Crippen LogP contribution in [0, 0.1) is 0 Å². The molecule has 4 rings (SSSR count). The monoisotopic (exact) mass is 597 g/mol. The van der Waals surface area contributed by atoms with E-state index in [1.54, 1.807) is 45.0 Å². The lowest BCUT2D eigenvalue weighted by Gasteiger charge is -2.20. The van der Waals surface area contributed by atoms with E-state index in [9.17, 15) is 27.9 Å². The van der Waals surface area contributed by atoms with Crippen molar-refractivity contribution in [2.45, 2.75) is 51.7 Å². The summed E-state index contributed by atoms with van der Waals surface area (Å²) in [5.74, 6) is -0.874. The smallest absolute Gasteiger partial charge is 0.382 e. The van der Waals surface area contributed by atoms with Crippen LogP contribution in [0.1, 0.15) is 37.2 Å². The first kappa shape index (κ1) is 29.3. The minimum absolute atomic E-state index is 0.0373. The minimum atomic E-state index is -4.97. The van der Waals surface area contributed by atoms with Gasteiger partial charge in [-0.2, -0.15) is 13.2 Å². The van der Waals surface area contributed by atoms with Crippen molar-refractivity contribution in [3.05, 3.63) is 80.7 Å². The topological polar surface area (TPSA) is 120 Å². The number of amides is 1. The lowest BCUT2D eigenvalue weighted by Crippen LogP contribution is -2.41. The number of carbonyl (C=O) groups excluding carboxylic acids is 1. The van der Waals surface area contributed by atoms with Crippen LogP contribution in [0.15, 0.2) is 53.3 Å². The fourth-order valence-electron chi connectivity index (χ4n) is 3.69. The molecule has 0 saturated carbocycles. The Hall–Kier alpha value is -3.68. The Morgan fingerprint density at radius 1 is 1.05 bits per heavy atom. The molecule has 2 aromatic carbocycles. The molecule has 15 heteroatoms. The number of halogens is 5. The number of rotatable bonds is 7. The summed E-state index contributed by atoms with van der Waals surface area (Å²) in [6, 6.07) is 12.5. The van der Waals surface area contributed by atoms with Crippen LogP contribution in [-0.2, 0) is 13.1 Å². The first-order valence-electron chi connectivity index (χ1n) is 11.9. The Labute approximate surface area is 236 Å². The SMILES string of the molecule is CC(C)(C)NC(=O)c1nc(Cn2nc(-c3ccc(Cl)cc3)n(CC(O)C(F)(F)F)c2=O)nn1-c1ccccc1Cl. The van der Waals surface area contributed by atoms with Gasteiger partial charge in [0.05, 0.1) is 17.3 Å². The van der Waals surface area contributed by atoms with E-state index in [-0.39, 0.29) is 28.1 Å². The molecule has 0 aliphatic rings. The van der Waals surface area contributed by atoms with Gasteiger partial charge in [0.1, 0.15) is 6.54 Å². The number of aromatic nitrogens is 6. The van der Waals surface area contributed by atoms with E-state index in [4.69, 9.17) is 23.2 Å². The van der Waals surface area contributed by atoms with E-state index in [0.717, 1.165) is 4.68 Å². The number of hydrogen-bond acceptors (Lipinski definition) is 6. The zero-order valence-electron chi connectivity index (χ0n) is 21.4. The molecule has 212 valence electrons. The fraction of sp³-hybridized carbons (Fsp3) is 0.320. The predicted molar refractivity (Wildman–Crippen MR) is 142 cm³/mol. The summed E-state index contributed by atoms with van der Waals surface area (Å²) in [7, 11) is 0. The highest BCUT2D eigenvalue weighted by atomic mass is 35.5. The van der Waals surface area contributed by atoms with E-state index in [1.165, 1.54) is 28.9 Å². The lowest BCUT2D eigenvalue weighted by molar-refractivity contribution is -0.207. The normalized spacial score (nSPS) is 12.9. The number of benzene rings is 2. The molecule has 1 amide bonds. The summed E-state index contributed by atoms with van der Waals surface area (Å²) in [5.41, 5.74) is -0.940. The largest absolute Gasteiger partial charge is 0.416 e. The third-order valence-corrected chi connectivity index (χ3v) is 6.04. The van der Waals surface area contributed by atoms with E-state index in [0.29, 0.717) is 15.3 Å². The van der Waals surface area contributed by atoms with Gasteiger partial charge in [-0.05, 0) is 57.2 Å². The molecule has 2 aromatic heterocycles. The zero-order valence-corrected chi connectivity index (χ0v) is 23.0. The fourth-order valence-corrected chi connectivity index (χ4v) is 4.03. The number of hydrogen-bond donors (Lipinski definition) is 2. The van der Waals surface area contributed by atoms with Gasteiger partial charge in [-0.3, -0.25) is 9.36 Å². The average Bonchev–Trinajstić information content (AvgIpc) is 3.40. The van der Waals surface area contributed by atoms with E-state index < -0.39 is 42.5 Å². The summed E-state index contributed by atoms with van der Waals surface area (Å²) in [4.78, 5) is 30.6. The van der Waals surface area contributed by atoms with E-state index in [1.807, 2.05) is 0 Å². The quantitative estimate of drug-likeness (QED) is 0.331. The van der Waals surface area contributed by atoms with Crippen LogP contribution in [0.25, 0.3) is 17.1 Å². The second-order valence-corrected chi connectivity index (χ2v) is 10.7. The van der Waals surface area contributed by atoms with Gasteiger partial charge in [0.2, 0.25) is 5.82 Å². The van der Waals surface area contributed by atoms with Crippen LogP contribution in [-0.4, -0.2) is 57.9 Å². The summed E-state index contributed by atoms with van der Waals surface area (Å²) >= 11 is 12.3. The van der Waals surface area contributed by atoms with Crippen LogP contribution >= 0.6 is 23.2 Å². The highest BCUT2D eigenvalue weighted by Crippen LogP contribution is 2.25. The molecule has 40 heavy (non-hydrogen) atoms. The Balaban J connectivity index is 1.80. The van der Waals surface area contributed by atoms with Gasteiger partial charge in [0, 0.05) is 16.1 Å². The second kappa shape index (κ2) is 11.1. The van der Waals surface area contributed by atoms with Gasteiger partial charge in [-0.1, -0.05) is 35.3 Å². The standard InChI is InChI=1S/C25H24Cl2F3N7O3/c1-24(2,3)32-22(39)21-31-19(33-37(21)17-7-5-4-6-16(17)27)13-36-23(40)35(12-18(38)25(28,29)30)20(34-36)14-8-10-15(26)11-9-14/h4-11,18,38H,12-13H2,1-3H3,(H,32,39). The minimum Gasteiger partial charge on any atom is -0.382 e. The lowest BCUT2D eigenvalue weighted by atomic mass is 10.1. The molecule has 4 aromatic rings. The van der Waals surface area contributed by atoms with Gasteiger partial charge >= 0.3 is 11.9 Å². The van der Waals surface area contributed by atoms with Crippen molar-refractivity contribution in [2.24, 2.45) is 0 Å². The highest BCUT2D eigenvalue weighted by Gasteiger charge is 2.39. The van der Waals surface area contributed by atoms with Crippen molar-refractivity contribution in [3.8, 4) is 17.1 Å². The molecule has 10 nitrogen and oxygen atoms in total. The molecule has 2 heterocycles. The van der Waals surface area contributed by atoms with Gasteiger partial charge < -0.3 is 10.4 Å². The van der Waals surface area contributed by atoms with Crippen LogP contribution in [0.4, 0.5) is 13.2 Å². The van der Waals surface area contributed by atoms with E-state index >= 15 is 0 Å². The van der Waals surface area contributed by atoms with Gasteiger partial charge in [-0.15, -0.1) is 10.2 Å². The second-order valence-electron chi connectivity index (χ2n) is 9.86. The number of para-hydroxylation sites is 1. The van der Waals surface area contributed by atoms with Crippen molar-refractivity contribution >= 4 is 29.1 Å². The molecule has 0 aliphatic carbocycles. The number of nitrogens with zero attached hydrogens (tertiary/aromatic N) is 6. The molecule has 0 bridgehead atoms. The first-order chi connectivity index (χ1) is 18.6. The zero-order chi connectivity index (χ0) is 29.4. The van der Waals surface area contributed by atoms with Crippen molar-refractivity contribution in [1.82, 2.24) is 34.4 Å². The van der Waals surface area contributed by atoms with Crippen LogP contribution in [0.5, 0.6) is 0 Å².